The second-order valence-corrected chi connectivity index (χ2v) is 6.72. The SMILES string of the molecule is Cn1nc(NCCC(N)=O)c2cc(F)c(C3CC4(C3)OCCO4)cc21. The molecule has 1 saturated carbocycles. The number of benzene rings is 1. The molecule has 2 aromatic rings. The number of primary amides is 1. The van der Waals surface area contributed by atoms with Gasteiger partial charge in [0, 0.05) is 38.2 Å². The maximum Gasteiger partial charge on any atom is 0.219 e. The van der Waals surface area contributed by atoms with Gasteiger partial charge in [-0.1, -0.05) is 0 Å². The van der Waals surface area contributed by atoms with Gasteiger partial charge in [0.05, 0.1) is 18.7 Å². The maximum absolute atomic E-state index is 14.7. The number of aromatic nitrogens is 2. The third-order valence-corrected chi connectivity index (χ3v) is 5.00. The van der Waals surface area contributed by atoms with E-state index in [-0.39, 0.29) is 18.2 Å². The zero-order chi connectivity index (χ0) is 17.6. The molecule has 1 aliphatic heterocycles. The van der Waals surface area contributed by atoms with Crippen molar-refractivity contribution in [3.8, 4) is 0 Å². The Kier molecular flexibility index (Phi) is 3.88. The number of nitrogens with zero attached hydrogens (tertiary/aromatic N) is 2. The lowest BCUT2D eigenvalue weighted by Gasteiger charge is -2.43. The number of nitrogens with one attached hydrogen (secondary N) is 1. The van der Waals surface area contributed by atoms with E-state index in [0.29, 0.717) is 49.4 Å². The topological polar surface area (TPSA) is 91.4 Å². The van der Waals surface area contributed by atoms with Crippen LogP contribution in [0, 0.1) is 5.82 Å². The second-order valence-electron chi connectivity index (χ2n) is 6.72. The standard InChI is InChI=1S/C17H21FN4O3/c1-22-14-7-11(10-8-17(9-10)24-4-5-25-17)13(18)6-12(14)16(21-22)20-3-2-15(19)23/h6-7,10H,2-5,8-9H2,1H3,(H2,19,23)(H,20,21). The summed E-state index contributed by atoms with van der Waals surface area (Å²) in [4.78, 5) is 10.9. The molecule has 1 aromatic heterocycles. The number of carbonyl (C=O) groups excluding carboxylic acids is 1. The van der Waals surface area contributed by atoms with Crippen LogP contribution in [0.2, 0.25) is 0 Å². The van der Waals surface area contributed by atoms with Crippen LogP contribution < -0.4 is 11.1 Å². The zero-order valence-corrected chi connectivity index (χ0v) is 14.0. The largest absolute Gasteiger partial charge is 0.370 e. The third kappa shape index (κ3) is 2.85. The van der Waals surface area contributed by atoms with Crippen molar-refractivity contribution in [2.75, 3.05) is 25.1 Å². The van der Waals surface area contributed by atoms with Gasteiger partial charge in [-0.25, -0.2) is 4.39 Å². The quantitative estimate of drug-likeness (QED) is 0.857. The van der Waals surface area contributed by atoms with Gasteiger partial charge in [0.1, 0.15) is 5.82 Å². The molecular formula is C17H21FN4O3. The monoisotopic (exact) mass is 348 g/mol. The summed E-state index contributed by atoms with van der Waals surface area (Å²) < 4.78 is 27.7. The number of hydrogen-bond acceptors (Lipinski definition) is 5. The molecule has 1 aromatic carbocycles. The molecular weight excluding hydrogens is 327 g/mol. The molecule has 1 aliphatic carbocycles. The van der Waals surface area contributed by atoms with E-state index >= 15 is 0 Å². The lowest BCUT2D eigenvalue weighted by molar-refractivity contribution is -0.215. The van der Waals surface area contributed by atoms with E-state index in [1.807, 2.05) is 13.1 Å². The maximum atomic E-state index is 14.7. The van der Waals surface area contributed by atoms with E-state index in [9.17, 15) is 9.18 Å². The summed E-state index contributed by atoms with van der Waals surface area (Å²) in [6, 6.07) is 3.36. The molecule has 8 heteroatoms. The highest BCUT2D eigenvalue weighted by Gasteiger charge is 2.50. The Morgan fingerprint density at radius 2 is 2.16 bits per heavy atom. The average Bonchev–Trinajstić information content (AvgIpc) is 3.11. The van der Waals surface area contributed by atoms with Crippen LogP contribution in [-0.4, -0.2) is 41.2 Å². The molecule has 0 unspecified atom stereocenters. The Hall–Kier alpha value is -2.19. The van der Waals surface area contributed by atoms with Crippen molar-refractivity contribution in [1.29, 1.82) is 0 Å². The molecule has 0 bridgehead atoms. The number of anilines is 1. The minimum Gasteiger partial charge on any atom is -0.370 e. The summed E-state index contributed by atoms with van der Waals surface area (Å²) in [7, 11) is 1.81. The summed E-state index contributed by atoms with van der Waals surface area (Å²) >= 11 is 0. The highest BCUT2D eigenvalue weighted by Crippen LogP contribution is 2.50. The first-order valence-electron chi connectivity index (χ1n) is 8.44. The van der Waals surface area contributed by atoms with E-state index in [1.165, 1.54) is 6.07 Å². The van der Waals surface area contributed by atoms with Gasteiger partial charge in [0.25, 0.3) is 0 Å². The van der Waals surface area contributed by atoms with Gasteiger partial charge in [0.15, 0.2) is 11.6 Å². The van der Waals surface area contributed by atoms with Crippen molar-refractivity contribution in [2.24, 2.45) is 12.8 Å². The summed E-state index contributed by atoms with van der Waals surface area (Å²) in [5, 5.41) is 8.11. The molecule has 134 valence electrons. The molecule has 25 heavy (non-hydrogen) atoms. The molecule has 0 radical (unpaired) electrons. The first-order chi connectivity index (χ1) is 12.0. The van der Waals surface area contributed by atoms with Crippen LogP contribution in [0.1, 0.15) is 30.7 Å². The number of fused-ring (bicyclic) bond motifs is 1. The van der Waals surface area contributed by atoms with E-state index < -0.39 is 11.7 Å². The molecule has 7 nitrogen and oxygen atoms in total. The van der Waals surface area contributed by atoms with Crippen LogP contribution in [0.5, 0.6) is 0 Å². The number of halogens is 1. The highest BCUT2D eigenvalue weighted by atomic mass is 19.1. The van der Waals surface area contributed by atoms with Crippen LogP contribution in [0.25, 0.3) is 10.9 Å². The van der Waals surface area contributed by atoms with Gasteiger partial charge in [-0.2, -0.15) is 5.10 Å². The average molecular weight is 348 g/mol. The summed E-state index contributed by atoms with van der Waals surface area (Å²) in [5.41, 5.74) is 6.65. The van der Waals surface area contributed by atoms with E-state index in [4.69, 9.17) is 15.2 Å². The molecule has 1 amide bonds. The molecule has 3 N–H and O–H groups in total. The summed E-state index contributed by atoms with van der Waals surface area (Å²) in [6.45, 7) is 1.58. The van der Waals surface area contributed by atoms with Crippen molar-refractivity contribution in [2.45, 2.75) is 31.0 Å². The first-order valence-corrected chi connectivity index (χ1v) is 8.44. The van der Waals surface area contributed by atoms with Crippen molar-refractivity contribution < 1.29 is 18.7 Å². The minimum atomic E-state index is -0.500. The Morgan fingerprint density at radius 1 is 1.44 bits per heavy atom. The normalized spacial score (nSPS) is 19.4. The number of hydrogen-bond donors (Lipinski definition) is 2. The number of aryl methyl sites for hydroxylation is 1. The fraction of sp³-hybridized carbons (Fsp3) is 0.529. The highest BCUT2D eigenvalue weighted by molar-refractivity contribution is 5.91. The summed E-state index contributed by atoms with van der Waals surface area (Å²) in [6.07, 6.45) is 1.55. The van der Waals surface area contributed by atoms with Crippen molar-refractivity contribution in [3.05, 3.63) is 23.5 Å². The van der Waals surface area contributed by atoms with Gasteiger partial charge in [0.2, 0.25) is 5.91 Å². The van der Waals surface area contributed by atoms with Crippen molar-refractivity contribution >= 4 is 22.6 Å². The van der Waals surface area contributed by atoms with E-state index in [0.717, 1.165) is 5.52 Å². The molecule has 1 saturated heterocycles. The summed E-state index contributed by atoms with van der Waals surface area (Å²) in [5.74, 6) is -0.506. The first kappa shape index (κ1) is 16.3. The van der Waals surface area contributed by atoms with Gasteiger partial charge < -0.3 is 20.5 Å². The lowest BCUT2D eigenvalue weighted by atomic mass is 9.74. The molecule has 1 spiro atoms. The van der Waals surface area contributed by atoms with E-state index in [2.05, 4.69) is 10.4 Å². The van der Waals surface area contributed by atoms with Crippen LogP contribution in [0.15, 0.2) is 12.1 Å². The van der Waals surface area contributed by atoms with Crippen LogP contribution >= 0.6 is 0 Å². The van der Waals surface area contributed by atoms with E-state index in [1.54, 1.807) is 4.68 Å². The van der Waals surface area contributed by atoms with Crippen molar-refractivity contribution in [1.82, 2.24) is 9.78 Å². The molecule has 0 atom stereocenters. The van der Waals surface area contributed by atoms with Gasteiger partial charge in [-0.3, -0.25) is 9.48 Å². The number of carbonyl (C=O) groups is 1. The Morgan fingerprint density at radius 3 is 2.84 bits per heavy atom. The van der Waals surface area contributed by atoms with Crippen LogP contribution in [0.3, 0.4) is 0 Å². The molecule has 2 aliphatic rings. The second kappa shape index (κ2) is 5.96. The fourth-order valence-electron chi connectivity index (χ4n) is 3.68. The Balaban J connectivity index is 1.57. The third-order valence-electron chi connectivity index (χ3n) is 5.00. The van der Waals surface area contributed by atoms with Crippen LogP contribution in [-0.2, 0) is 21.3 Å². The van der Waals surface area contributed by atoms with Crippen molar-refractivity contribution in [3.63, 3.8) is 0 Å². The Bertz CT molecular complexity index is 821. The number of amides is 1. The predicted molar refractivity (Wildman–Crippen MR) is 89.6 cm³/mol. The molecule has 4 rings (SSSR count). The fourth-order valence-corrected chi connectivity index (χ4v) is 3.68. The van der Waals surface area contributed by atoms with Gasteiger partial charge >= 0.3 is 0 Å². The number of rotatable bonds is 5. The number of nitrogens with two attached hydrogens (primary N) is 1. The lowest BCUT2D eigenvalue weighted by Crippen LogP contribution is -2.43. The number of ether oxygens (including phenoxy) is 2. The smallest absolute Gasteiger partial charge is 0.219 e. The zero-order valence-electron chi connectivity index (χ0n) is 14.0. The molecule has 2 fully saturated rings. The minimum absolute atomic E-state index is 0.0867. The molecule has 2 heterocycles. The predicted octanol–water partition coefficient (Wildman–Crippen LogP) is 1.62. The van der Waals surface area contributed by atoms with Gasteiger partial charge in [-0.15, -0.1) is 0 Å². The van der Waals surface area contributed by atoms with Gasteiger partial charge in [-0.05, 0) is 23.6 Å². The van der Waals surface area contributed by atoms with Crippen LogP contribution in [0.4, 0.5) is 10.2 Å². The Labute approximate surface area is 144 Å².